The molecule has 0 aliphatic heterocycles. The minimum Gasteiger partial charge on any atom is -0.481 e. The number of hydrogen-bond acceptors (Lipinski definition) is 9. The summed E-state index contributed by atoms with van der Waals surface area (Å²) in [5.74, 6) is -0.817. The van der Waals surface area contributed by atoms with Crippen molar-refractivity contribution in [2.45, 2.75) is 31.9 Å². The molecule has 0 aliphatic rings. The van der Waals surface area contributed by atoms with Crippen LogP contribution in [0.15, 0.2) is 32.4 Å². The second kappa shape index (κ2) is 8.23. The van der Waals surface area contributed by atoms with Gasteiger partial charge in [0, 0.05) is 11.5 Å². The van der Waals surface area contributed by atoms with Crippen molar-refractivity contribution >= 4 is 40.4 Å². The van der Waals surface area contributed by atoms with E-state index >= 15 is 0 Å². The van der Waals surface area contributed by atoms with E-state index in [1.54, 1.807) is 39.2 Å². The maximum Gasteiger partial charge on any atom is 0.344 e. The zero-order valence-corrected chi connectivity index (χ0v) is 18.0. The lowest BCUT2D eigenvalue weighted by Gasteiger charge is -2.17. The molecular formula is C20H21N3O6S. The first-order valence-corrected chi connectivity index (χ1v) is 10.2. The zero-order chi connectivity index (χ0) is 22.2. The summed E-state index contributed by atoms with van der Waals surface area (Å²) in [6.07, 6.45) is 0.760. The fraction of sp³-hybridized carbons (Fsp3) is 0.300. The van der Waals surface area contributed by atoms with E-state index in [-0.39, 0.29) is 16.4 Å². The van der Waals surface area contributed by atoms with Gasteiger partial charge in [0.2, 0.25) is 0 Å². The molecule has 158 valence electrons. The van der Waals surface area contributed by atoms with Gasteiger partial charge in [0.05, 0.1) is 7.11 Å². The molecule has 10 heteroatoms. The lowest BCUT2D eigenvalue weighted by atomic mass is 10.1. The molecule has 2 heterocycles. The number of esters is 1. The Morgan fingerprint density at radius 1 is 1.23 bits per heavy atom. The number of aromatic nitrogens is 2. The molecule has 0 saturated heterocycles. The predicted molar refractivity (Wildman–Crippen MR) is 112 cm³/mol. The van der Waals surface area contributed by atoms with Crippen LogP contribution < -0.4 is 16.1 Å². The number of thioether (sulfide) groups is 1. The van der Waals surface area contributed by atoms with Gasteiger partial charge in [0.15, 0.2) is 11.9 Å². The summed E-state index contributed by atoms with van der Waals surface area (Å²) in [4.78, 5) is 36.6. The highest BCUT2D eigenvalue weighted by Gasteiger charge is 2.29. The van der Waals surface area contributed by atoms with Crippen LogP contribution in [0.5, 0.6) is 5.75 Å². The lowest BCUT2D eigenvalue weighted by Crippen LogP contribution is -2.31. The average Bonchev–Trinajstić information content (AvgIpc) is 3.03. The molecule has 0 bridgehead atoms. The van der Waals surface area contributed by atoms with Crippen molar-refractivity contribution < 1.29 is 23.5 Å². The third-order valence-electron chi connectivity index (χ3n) is 4.56. The Labute approximate surface area is 176 Å². The van der Waals surface area contributed by atoms with Crippen molar-refractivity contribution in [3.63, 3.8) is 0 Å². The standard InChI is InChI=1S/C20H21N3O6S/c1-9-7-15(24)29-14-6-10(2)13(8-12(9)14)28-11(3)18(25)23-19(30-5)16(17(21)22-23)20(26)27-4/h6-8,11H,1-5H3,(H2,21,22)/t11-/m0/s1. The maximum atomic E-state index is 13.0. The number of nitrogen functional groups attached to an aromatic ring is 1. The molecule has 30 heavy (non-hydrogen) atoms. The van der Waals surface area contributed by atoms with Crippen molar-refractivity contribution in [2.75, 3.05) is 19.1 Å². The van der Waals surface area contributed by atoms with Gasteiger partial charge in [-0.1, -0.05) is 0 Å². The van der Waals surface area contributed by atoms with Crippen LogP contribution in [0, 0.1) is 13.8 Å². The summed E-state index contributed by atoms with van der Waals surface area (Å²) >= 11 is 1.15. The van der Waals surface area contributed by atoms with Gasteiger partial charge in [-0.3, -0.25) is 4.79 Å². The molecule has 0 amide bonds. The summed E-state index contributed by atoms with van der Waals surface area (Å²) in [7, 11) is 1.23. The van der Waals surface area contributed by atoms with E-state index in [1.807, 2.05) is 0 Å². The molecule has 0 radical (unpaired) electrons. The van der Waals surface area contributed by atoms with E-state index in [1.165, 1.54) is 13.2 Å². The number of aryl methyl sites for hydroxylation is 2. The van der Waals surface area contributed by atoms with E-state index in [9.17, 15) is 14.4 Å². The summed E-state index contributed by atoms with van der Waals surface area (Å²) in [6.45, 7) is 5.14. The van der Waals surface area contributed by atoms with Crippen LogP contribution in [0.25, 0.3) is 11.0 Å². The van der Waals surface area contributed by atoms with Gasteiger partial charge in [-0.25, -0.2) is 9.59 Å². The average molecular weight is 431 g/mol. The van der Waals surface area contributed by atoms with Crippen molar-refractivity contribution in [2.24, 2.45) is 0 Å². The maximum absolute atomic E-state index is 13.0. The molecule has 0 aliphatic carbocycles. The number of hydrogen-bond donors (Lipinski definition) is 1. The number of carbonyl (C=O) groups excluding carboxylic acids is 2. The number of anilines is 1. The Balaban J connectivity index is 1.96. The van der Waals surface area contributed by atoms with Crippen molar-refractivity contribution in [1.82, 2.24) is 9.78 Å². The molecule has 2 aromatic heterocycles. The van der Waals surface area contributed by atoms with Gasteiger partial charge < -0.3 is 19.6 Å². The van der Waals surface area contributed by atoms with Crippen LogP contribution in [0.2, 0.25) is 0 Å². The molecule has 0 saturated carbocycles. The third kappa shape index (κ3) is 3.78. The number of nitrogens with zero attached hydrogens (tertiary/aromatic N) is 2. The van der Waals surface area contributed by atoms with E-state index in [0.717, 1.165) is 22.0 Å². The Morgan fingerprint density at radius 2 is 1.93 bits per heavy atom. The normalized spacial score (nSPS) is 12.0. The monoisotopic (exact) mass is 431 g/mol. The smallest absolute Gasteiger partial charge is 0.344 e. The molecule has 0 spiro atoms. The fourth-order valence-electron chi connectivity index (χ4n) is 3.04. The summed E-state index contributed by atoms with van der Waals surface area (Å²) in [6, 6.07) is 4.80. The Morgan fingerprint density at radius 3 is 2.57 bits per heavy atom. The molecule has 9 nitrogen and oxygen atoms in total. The topological polar surface area (TPSA) is 127 Å². The van der Waals surface area contributed by atoms with Crippen LogP contribution in [0.1, 0.15) is 33.2 Å². The fourth-order valence-corrected chi connectivity index (χ4v) is 3.73. The molecule has 3 rings (SSSR count). The minimum atomic E-state index is -0.937. The first-order chi connectivity index (χ1) is 14.2. The Kier molecular flexibility index (Phi) is 5.88. The molecule has 1 atom stereocenters. The second-order valence-electron chi connectivity index (χ2n) is 6.63. The van der Waals surface area contributed by atoms with Gasteiger partial charge >= 0.3 is 11.6 Å². The Hall–Kier alpha value is -3.27. The number of nitrogens with two attached hydrogens (primary N) is 1. The largest absolute Gasteiger partial charge is 0.481 e. The molecule has 1 aromatic carbocycles. The highest BCUT2D eigenvalue weighted by atomic mass is 32.2. The summed E-state index contributed by atoms with van der Waals surface area (Å²) < 4.78 is 16.9. The number of ether oxygens (including phenoxy) is 2. The Bertz CT molecular complexity index is 1210. The van der Waals surface area contributed by atoms with E-state index in [4.69, 9.17) is 19.6 Å². The van der Waals surface area contributed by atoms with Gasteiger partial charge in [-0.05, 0) is 50.3 Å². The second-order valence-corrected chi connectivity index (χ2v) is 7.43. The minimum absolute atomic E-state index is 0.0399. The summed E-state index contributed by atoms with van der Waals surface area (Å²) in [5.41, 5.74) is 7.30. The van der Waals surface area contributed by atoms with Crippen LogP contribution in [0.3, 0.4) is 0 Å². The van der Waals surface area contributed by atoms with Crippen molar-refractivity contribution in [3.8, 4) is 5.75 Å². The first-order valence-electron chi connectivity index (χ1n) is 8.94. The van der Waals surface area contributed by atoms with Gasteiger partial charge in [0.1, 0.15) is 21.9 Å². The lowest BCUT2D eigenvalue weighted by molar-refractivity contribution is 0.0596. The SMILES string of the molecule is COC(=O)c1c(N)nn(C(=O)[C@H](C)Oc2cc3c(C)cc(=O)oc3cc2C)c1SC. The molecule has 0 fully saturated rings. The highest BCUT2D eigenvalue weighted by Crippen LogP contribution is 2.29. The van der Waals surface area contributed by atoms with Crippen LogP contribution in [0.4, 0.5) is 5.82 Å². The van der Waals surface area contributed by atoms with E-state index in [0.29, 0.717) is 22.3 Å². The van der Waals surface area contributed by atoms with Gasteiger partial charge in [0.25, 0.3) is 5.91 Å². The van der Waals surface area contributed by atoms with Gasteiger partial charge in [-0.2, -0.15) is 4.68 Å². The van der Waals surface area contributed by atoms with Crippen LogP contribution in [-0.4, -0.2) is 41.1 Å². The van der Waals surface area contributed by atoms with Crippen LogP contribution >= 0.6 is 11.8 Å². The van der Waals surface area contributed by atoms with Gasteiger partial charge in [-0.15, -0.1) is 16.9 Å². The number of benzene rings is 1. The molecule has 0 unspecified atom stereocenters. The number of carbonyl (C=O) groups is 2. The van der Waals surface area contributed by atoms with Crippen LogP contribution in [-0.2, 0) is 4.74 Å². The van der Waals surface area contributed by atoms with E-state index in [2.05, 4.69) is 5.10 Å². The predicted octanol–water partition coefficient (Wildman–Crippen LogP) is 2.80. The molecular weight excluding hydrogens is 410 g/mol. The quantitative estimate of drug-likeness (QED) is 0.368. The zero-order valence-electron chi connectivity index (χ0n) is 17.1. The van der Waals surface area contributed by atoms with E-state index < -0.39 is 23.6 Å². The molecule has 2 N–H and O–H groups in total. The first kappa shape index (κ1) is 21.4. The molecule has 3 aromatic rings. The number of rotatable bonds is 5. The number of methoxy groups -OCH3 is 1. The number of fused-ring (bicyclic) bond motifs is 1. The van der Waals surface area contributed by atoms with Crippen molar-refractivity contribution in [1.29, 1.82) is 0 Å². The summed E-state index contributed by atoms with van der Waals surface area (Å²) in [5, 5.41) is 4.98. The third-order valence-corrected chi connectivity index (χ3v) is 5.32. The van der Waals surface area contributed by atoms with Crippen molar-refractivity contribution in [3.05, 3.63) is 45.3 Å². The highest BCUT2D eigenvalue weighted by molar-refractivity contribution is 7.98.